The van der Waals surface area contributed by atoms with Crippen LogP contribution in [0.1, 0.15) is 19.5 Å². The molecule has 86 valence electrons. The molecule has 0 atom stereocenters. The highest BCUT2D eigenvalue weighted by Gasteiger charge is 2.16. The SMILES string of the molecule is Cn1c(CC(C)(C)O)cc2cc(Br)ccc21. The highest BCUT2D eigenvalue weighted by Crippen LogP contribution is 2.24. The molecule has 2 aromatic rings. The minimum absolute atomic E-state index is 0.662. The summed E-state index contributed by atoms with van der Waals surface area (Å²) in [4.78, 5) is 0. The Hall–Kier alpha value is -0.800. The maximum Gasteiger partial charge on any atom is 0.0646 e. The van der Waals surface area contributed by atoms with Gasteiger partial charge in [-0.3, -0.25) is 0 Å². The number of benzene rings is 1. The van der Waals surface area contributed by atoms with Gasteiger partial charge in [-0.2, -0.15) is 0 Å². The van der Waals surface area contributed by atoms with Crippen LogP contribution in [0.2, 0.25) is 0 Å². The van der Waals surface area contributed by atoms with E-state index in [1.54, 1.807) is 0 Å². The summed E-state index contributed by atoms with van der Waals surface area (Å²) in [6.07, 6.45) is 0.662. The molecule has 0 saturated carbocycles. The maximum atomic E-state index is 9.85. The van der Waals surface area contributed by atoms with Crippen molar-refractivity contribution >= 4 is 26.8 Å². The van der Waals surface area contributed by atoms with Crippen LogP contribution in [0.15, 0.2) is 28.7 Å². The van der Waals surface area contributed by atoms with Gasteiger partial charge < -0.3 is 9.67 Å². The lowest BCUT2D eigenvalue weighted by Crippen LogP contribution is -2.23. The molecule has 0 aliphatic heterocycles. The molecule has 1 heterocycles. The second-order valence-corrected chi connectivity index (χ2v) is 5.80. The molecule has 0 aliphatic carbocycles. The Labute approximate surface area is 104 Å². The van der Waals surface area contributed by atoms with Crippen LogP contribution in [0, 0.1) is 0 Å². The minimum Gasteiger partial charge on any atom is -0.390 e. The summed E-state index contributed by atoms with van der Waals surface area (Å²) in [6.45, 7) is 3.67. The number of rotatable bonds is 2. The highest BCUT2D eigenvalue weighted by molar-refractivity contribution is 9.10. The van der Waals surface area contributed by atoms with Crippen molar-refractivity contribution in [2.24, 2.45) is 7.05 Å². The maximum absolute atomic E-state index is 9.85. The second-order valence-electron chi connectivity index (χ2n) is 4.89. The third kappa shape index (κ3) is 2.30. The molecule has 0 radical (unpaired) electrons. The number of aryl methyl sites for hydroxylation is 1. The normalized spacial score (nSPS) is 12.3. The van der Waals surface area contributed by atoms with E-state index in [1.165, 1.54) is 10.9 Å². The summed E-state index contributed by atoms with van der Waals surface area (Å²) in [5, 5.41) is 11.1. The van der Waals surface area contributed by atoms with E-state index in [-0.39, 0.29) is 0 Å². The van der Waals surface area contributed by atoms with Crippen LogP contribution in [0.25, 0.3) is 10.9 Å². The molecule has 0 aliphatic rings. The molecule has 1 aromatic heterocycles. The van der Waals surface area contributed by atoms with Gasteiger partial charge in [-0.25, -0.2) is 0 Å². The standard InChI is InChI=1S/C13H16BrNO/c1-13(2,16)8-11-7-9-6-10(14)4-5-12(9)15(11)3/h4-7,16H,8H2,1-3H3. The van der Waals surface area contributed by atoms with Gasteiger partial charge in [0.1, 0.15) is 0 Å². The Morgan fingerprint density at radius 2 is 2.00 bits per heavy atom. The van der Waals surface area contributed by atoms with E-state index in [0.717, 1.165) is 10.2 Å². The zero-order chi connectivity index (χ0) is 11.9. The molecular formula is C13H16BrNO. The average molecular weight is 282 g/mol. The Morgan fingerprint density at radius 3 is 2.62 bits per heavy atom. The summed E-state index contributed by atoms with van der Waals surface area (Å²) < 4.78 is 3.22. The Kier molecular flexibility index (Phi) is 2.84. The van der Waals surface area contributed by atoms with E-state index < -0.39 is 5.60 Å². The fourth-order valence-corrected chi connectivity index (χ4v) is 2.37. The van der Waals surface area contributed by atoms with Crippen molar-refractivity contribution in [1.82, 2.24) is 4.57 Å². The summed E-state index contributed by atoms with van der Waals surface area (Å²) in [5.74, 6) is 0. The van der Waals surface area contributed by atoms with Crippen LogP contribution in [0.3, 0.4) is 0 Å². The number of halogens is 1. The van der Waals surface area contributed by atoms with Crippen LogP contribution < -0.4 is 0 Å². The first kappa shape index (κ1) is 11.7. The van der Waals surface area contributed by atoms with Crippen LogP contribution in [0.4, 0.5) is 0 Å². The van der Waals surface area contributed by atoms with Crippen molar-refractivity contribution in [3.8, 4) is 0 Å². The van der Waals surface area contributed by atoms with Crippen molar-refractivity contribution < 1.29 is 5.11 Å². The van der Waals surface area contributed by atoms with Gasteiger partial charge >= 0.3 is 0 Å². The molecule has 3 heteroatoms. The molecule has 2 rings (SSSR count). The van der Waals surface area contributed by atoms with Gasteiger partial charge in [0.05, 0.1) is 5.60 Å². The number of aromatic nitrogens is 1. The Balaban J connectivity index is 2.52. The number of hydrogen-bond acceptors (Lipinski definition) is 1. The molecule has 0 saturated heterocycles. The molecule has 0 spiro atoms. The van der Waals surface area contributed by atoms with Crippen LogP contribution >= 0.6 is 15.9 Å². The summed E-state index contributed by atoms with van der Waals surface area (Å²) in [5.41, 5.74) is 1.68. The quantitative estimate of drug-likeness (QED) is 0.898. The van der Waals surface area contributed by atoms with E-state index in [9.17, 15) is 5.11 Å². The fourth-order valence-electron chi connectivity index (χ4n) is 1.99. The van der Waals surface area contributed by atoms with Crippen molar-refractivity contribution in [1.29, 1.82) is 0 Å². The number of hydrogen-bond donors (Lipinski definition) is 1. The third-order valence-corrected chi connectivity index (χ3v) is 3.21. The number of aliphatic hydroxyl groups is 1. The van der Waals surface area contributed by atoms with Crippen LogP contribution in [-0.2, 0) is 13.5 Å². The van der Waals surface area contributed by atoms with Gasteiger partial charge in [-0.15, -0.1) is 0 Å². The first-order chi connectivity index (χ1) is 7.37. The highest BCUT2D eigenvalue weighted by atomic mass is 79.9. The van der Waals surface area contributed by atoms with E-state index in [2.05, 4.69) is 38.7 Å². The third-order valence-electron chi connectivity index (χ3n) is 2.72. The lowest BCUT2D eigenvalue weighted by Gasteiger charge is -2.17. The molecule has 0 unspecified atom stereocenters. The van der Waals surface area contributed by atoms with Gasteiger partial charge in [0.25, 0.3) is 0 Å². The zero-order valence-corrected chi connectivity index (χ0v) is 11.4. The van der Waals surface area contributed by atoms with Crippen LogP contribution in [0.5, 0.6) is 0 Å². The molecule has 0 amide bonds. The monoisotopic (exact) mass is 281 g/mol. The zero-order valence-electron chi connectivity index (χ0n) is 9.79. The largest absolute Gasteiger partial charge is 0.390 e. The number of fused-ring (bicyclic) bond motifs is 1. The lowest BCUT2D eigenvalue weighted by atomic mass is 10.0. The average Bonchev–Trinajstić information content (AvgIpc) is 2.40. The fraction of sp³-hybridized carbons (Fsp3) is 0.385. The van der Waals surface area contributed by atoms with Crippen LogP contribution in [-0.4, -0.2) is 15.3 Å². The van der Waals surface area contributed by atoms with E-state index >= 15 is 0 Å². The molecule has 16 heavy (non-hydrogen) atoms. The summed E-state index contributed by atoms with van der Waals surface area (Å²) in [7, 11) is 2.04. The Morgan fingerprint density at radius 1 is 1.31 bits per heavy atom. The molecular weight excluding hydrogens is 266 g/mol. The number of nitrogens with zero attached hydrogens (tertiary/aromatic N) is 1. The lowest BCUT2D eigenvalue weighted by molar-refractivity contribution is 0.0793. The van der Waals surface area contributed by atoms with Crippen molar-refractivity contribution in [3.05, 3.63) is 34.4 Å². The molecule has 0 bridgehead atoms. The topological polar surface area (TPSA) is 25.2 Å². The van der Waals surface area contributed by atoms with Gasteiger partial charge in [-0.1, -0.05) is 15.9 Å². The molecule has 2 nitrogen and oxygen atoms in total. The summed E-state index contributed by atoms with van der Waals surface area (Å²) >= 11 is 3.47. The first-order valence-electron chi connectivity index (χ1n) is 5.33. The van der Waals surface area contributed by atoms with E-state index in [4.69, 9.17) is 0 Å². The van der Waals surface area contributed by atoms with E-state index in [0.29, 0.717) is 6.42 Å². The minimum atomic E-state index is -0.667. The van der Waals surface area contributed by atoms with E-state index in [1.807, 2.05) is 27.0 Å². The van der Waals surface area contributed by atoms with Gasteiger partial charge in [-0.05, 0) is 38.1 Å². The van der Waals surface area contributed by atoms with Gasteiger partial charge in [0, 0.05) is 34.5 Å². The predicted molar refractivity (Wildman–Crippen MR) is 70.6 cm³/mol. The summed E-state index contributed by atoms with van der Waals surface area (Å²) in [6, 6.07) is 8.37. The smallest absolute Gasteiger partial charge is 0.0646 e. The van der Waals surface area contributed by atoms with Gasteiger partial charge in [0.15, 0.2) is 0 Å². The Bertz CT molecular complexity index is 522. The molecule has 1 aromatic carbocycles. The van der Waals surface area contributed by atoms with Gasteiger partial charge in [0.2, 0.25) is 0 Å². The van der Waals surface area contributed by atoms with Crippen molar-refractivity contribution in [2.75, 3.05) is 0 Å². The first-order valence-corrected chi connectivity index (χ1v) is 6.12. The van der Waals surface area contributed by atoms with Crippen molar-refractivity contribution in [3.63, 3.8) is 0 Å². The molecule has 1 N–H and O–H groups in total. The molecule has 0 fully saturated rings. The van der Waals surface area contributed by atoms with Crippen molar-refractivity contribution in [2.45, 2.75) is 25.9 Å². The predicted octanol–water partition coefficient (Wildman–Crippen LogP) is 3.25. The second kappa shape index (κ2) is 3.90.